The summed E-state index contributed by atoms with van der Waals surface area (Å²) in [5.74, 6) is 0. The fourth-order valence-corrected chi connectivity index (χ4v) is 19.0. The topological polar surface area (TPSA) is 101 Å². The van der Waals surface area contributed by atoms with Crippen LogP contribution in [0.5, 0.6) is 0 Å². The van der Waals surface area contributed by atoms with E-state index in [1.807, 2.05) is 187 Å². The van der Waals surface area contributed by atoms with Crippen LogP contribution in [0.4, 0.5) is 13.2 Å². The largest absolute Gasteiger partial charge is 0.420 e. The fourth-order valence-electron chi connectivity index (χ4n) is 19.0. The Labute approximate surface area is 635 Å². The Balaban J connectivity index is 0.783. The van der Waals surface area contributed by atoms with E-state index in [1.165, 1.54) is 6.07 Å². The zero-order chi connectivity index (χ0) is 74.5. The summed E-state index contributed by atoms with van der Waals surface area (Å²) in [6.07, 6.45) is -5.01. The summed E-state index contributed by atoms with van der Waals surface area (Å²) in [5, 5.41) is 53.3. The van der Waals surface area contributed by atoms with Gasteiger partial charge < -0.3 is 27.4 Å². The molecule has 0 N–H and O–H groups in total. The molecule has 0 amide bonds. The Bertz CT molecular complexity index is 8210. The molecule has 23 rings (SSSR count). The highest BCUT2D eigenvalue weighted by Gasteiger charge is 2.43. The number of halogens is 3. The minimum atomic E-state index is -5.01. The van der Waals surface area contributed by atoms with Crippen LogP contribution in [0.1, 0.15) is 22.3 Å². The number of rotatable bonds is 7. The van der Waals surface area contributed by atoms with Gasteiger partial charge in [0, 0.05) is 64.6 Å². The van der Waals surface area contributed by atoms with Gasteiger partial charge in [-0.3, -0.25) is 0 Å². The van der Waals surface area contributed by atoms with Crippen LogP contribution in [0.15, 0.2) is 328 Å². The van der Waals surface area contributed by atoms with Gasteiger partial charge in [0.2, 0.25) is 0 Å². The van der Waals surface area contributed by atoms with E-state index in [4.69, 9.17) is 0 Å². The third kappa shape index (κ3) is 8.53. The van der Waals surface area contributed by atoms with E-state index in [9.17, 15) is 15.8 Å². The van der Waals surface area contributed by atoms with Crippen LogP contribution in [0.2, 0.25) is 0 Å². The van der Waals surface area contributed by atoms with Crippen molar-refractivity contribution in [3.8, 4) is 63.5 Å². The molecule has 0 bridgehead atoms. The van der Waals surface area contributed by atoms with Gasteiger partial charge in [-0.05, 0) is 134 Å². The van der Waals surface area contributed by atoms with E-state index in [1.54, 1.807) is 9.13 Å². The Kier molecular flexibility index (Phi) is 13.1. The van der Waals surface area contributed by atoms with Crippen LogP contribution in [0, 0.1) is 34.0 Å². The molecule has 23 aromatic rings. The van der Waals surface area contributed by atoms with Gasteiger partial charge in [0.05, 0.1) is 111 Å². The standard InChI is InChI=1S/C100H54F3N9/c101-100(102,103)95-91(107-78-33-13-5-25-68(78)69-26-6-14-34-79(69)107)54-64(56-105)97(99(95)109-80-35-15-7-27-70(80)71-28-8-16-36-81(71)109)112-82-37-17-9-29-72(82)73-47-42-61(52-89(73)112)60-41-46-67-62(51-60)45-50-88-94(67)76-32-12-20-40-85(76)111(88)98-77(57-106)90(108-83-38-18-10-30-74(83)92-65-23-3-1-21-58(65)43-48-86(92)108)53-63(55-104)96(98)110-84-39-19-11-31-75(84)93-66-24-4-2-22-59(66)44-49-87(93)110/h1-54H. The van der Waals surface area contributed by atoms with Gasteiger partial charge in [-0.1, -0.05) is 237 Å². The number of nitriles is 3. The fraction of sp³-hybridized carbons (Fsp3) is 0.0100. The lowest BCUT2D eigenvalue weighted by molar-refractivity contribution is -0.137. The van der Waals surface area contributed by atoms with Crippen molar-refractivity contribution >= 4 is 163 Å². The summed E-state index contributed by atoms with van der Waals surface area (Å²) in [4.78, 5) is 0. The van der Waals surface area contributed by atoms with Crippen LogP contribution in [0.25, 0.3) is 208 Å². The summed E-state index contributed by atoms with van der Waals surface area (Å²) in [6.45, 7) is 0. The number of hydrogen-bond acceptors (Lipinski definition) is 3. The molecule has 0 unspecified atom stereocenters. The van der Waals surface area contributed by atoms with Crippen molar-refractivity contribution in [1.29, 1.82) is 15.8 Å². The van der Waals surface area contributed by atoms with E-state index in [2.05, 4.69) is 171 Å². The Morgan fingerprint density at radius 2 is 0.527 bits per heavy atom. The van der Waals surface area contributed by atoms with Gasteiger partial charge in [0.25, 0.3) is 0 Å². The first-order chi connectivity index (χ1) is 55.1. The predicted octanol–water partition coefficient (Wildman–Crippen LogP) is 26.0. The number of para-hydroxylation sites is 8. The van der Waals surface area contributed by atoms with E-state index in [-0.39, 0.29) is 22.6 Å². The SMILES string of the molecule is N#Cc1cc(-n2c3ccccc3c3ccccc32)c(C(F)(F)F)c(-n2c3ccccc3c3ccccc32)c1-n1c2ccccc2c2ccc(-c3ccc4c(ccc5c4c4ccccc4n5-c4c(C#N)c(-n5c6ccccc6c6c7ccccc7ccc65)cc(C#N)c4-n4c5ccccc5c5c6ccccc6ccc54)c3)cc21. The third-order valence-corrected chi connectivity index (χ3v) is 23.5. The first-order valence-corrected chi connectivity index (χ1v) is 37.1. The van der Waals surface area contributed by atoms with Crippen molar-refractivity contribution in [3.05, 3.63) is 350 Å². The van der Waals surface area contributed by atoms with E-state index in [0.29, 0.717) is 61.3 Å². The highest BCUT2D eigenvalue weighted by atomic mass is 19.4. The van der Waals surface area contributed by atoms with Crippen LogP contribution in [-0.4, -0.2) is 27.4 Å². The van der Waals surface area contributed by atoms with Crippen molar-refractivity contribution in [2.75, 3.05) is 0 Å². The van der Waals surface area contributed by atoms with E-state index in [0.717, 1.165) is 141 Å². The van der Waals surface area contributed by atoms with E-state index < -0.39 is 11.7 Å². The van der Waals surface area contributed by atoms with Gasteiger partial charge in [-0.2, -0.15) is 29.0 Å². The molecule has 6 aromatic heterocycles. The summed E-state index contributed by atoms with van der Waals surface area (Å²) in [5.41, 5.74) is 11.5. The zero-order valence-corrected chi connectivity index (χ0v) is 59.3. The molecule has 0 radical (unpaired) electrons. The van der Waals surface area contributed by atoms with Crippen molar-refractivity contribution in [2.24, 2.45) is 0 Å². The molecule has 0 spiro atoms. The lowest BCUT2D eigenvalue weighted by atomic mass is 9.97. The van der Waals surface area contributed by atoms with Crippen molar-refractivity contribution < 1.29 is 13.2 Å². The van der Waals surface area contributed by atoms with Gasteiger partial charge in [0.1, 0.15) is 29.3 Å². The second kappa shape index (κ2) is 23.3. The normalized spacial score (nSPS) is 12.2. The highest BCUT2D eigenvalue weighted by molar-refractivity contribution is 6.26. The molecule has 0 fully saturated rings. The lowest BCUT2D eigenvalue weighted by Crippen LogP contribution is -2.19. The maximum atomic E-state index is 17.6. The second-order valence-electron chi connectivity index (χ2n) is 29.0. The molecule has 520 valence electrons. The monoisotopic (exact) mass is 1440 g/mol. The lowest BCUT2D eigenvalue weighted by Gasteiger charge is -2.26. The molecule has 112 heavy (non-hydrogen) atoms. The van der Waals surface area contributed by atoms with Crippen molar-refractivity contribution in [3.63, 3.8) is 0 Å². The Morgan fingerprint density at radius 3 is 0.973 bits per heavy atom. The van der Waals surface area contributed by atoms with Crippen LogP contribution >= 0.6 is 0 Å². The summed E-state index contributed by atoms with van der Waals surface area (Å²) >= 11 is 0. The third-order valence-electron chi connectivity index (χ3n) is 23.5. The molecule has 0 atom stereocenters. The van der Waals surface area contributed by atoms with Gasteiger partial charge in [0.15, 0.2) is 0 Å². The zero-order valence-electron chi connectivity index (χ0n) is 59.3. The minimum absolute atomic E-state index is 0.0392. The van der Waals surface area contributed by atoms with Gasteiger partial charge >= 0.3 is 6.18 Å². The maximum absolute atomic E-state index is 17.6. The molecule has 0 saturated heterocycles. The van der Waals surface area contributed by atoms with Crippen LogP contribution in [0.3, 0.4) is 0 Å². The molecular weight excluding hydrogens is 1380 g/mol. The first-order valence-electron chi connectivity index (χ1n) is 37.1. The maximum Gasteiger partial charge on any atom is 0.420 e. The molecule has 9 nitrogen and oxygen atoms in total. The summed E-state index contributed by atoms with van der Waals surface area (Å²) < 4.78 is 64.7. The van der Waals surface area contributed by atoms with Gasteiger partial charge in [-0.25, -0.2) is 0 Å². The smallest absolute Gasteiger partial charge is 0.309 e. The number of aromatic nitrogens is 6. The first kappa shape index (κ1) is 62.7. The quantitative estimate of drug-likeness (QED) is 0.159. The molecule has 17 aromatic carbocycles. The van der Waals surface area contributed by atoms with Crippen molar-refractivity contribution in [1.82, 2.24) is 27.4 Å². The summed E-state index contributed by atoms with van der Waals surface area (Å²) in [6, 6.07) is 116. The number of benzene rings is 17. The number of hydrogen-bond donors (Lipinski definition) is 0. The Hall–Kier alpha value is -15.4. The molecule has 0 saturated carbocycles. The molecule has 12 heteroatoms. The predicted molar refractivity (Wildman–Crippen MR) is 450 cm³/mol. The molecule has 0 aliphatic carbocycles. The average molecular weight is 1440 g/mol. The van der Waals surface area contributed by atoms with Crippen LogP contribution < -0.4 is 0 Å². The second-order valence-corrected chi connectivity index (χ2v) is 29.0. The Morgan fingerprint density at radius 1 is 0.223 bits per heavy atom. The number of fused-ring (bicyclic) bond motifs is 24. The highest BCUT2D eigenvalue weighted by Crippen LogP contribution is 2.52. The minimum Gasteiger partial charge on any atom is -0.309 e. The van der Waals surface area contributed by atoms with Gasteiger partial charge in [-0.15, -0.1) is 0 Å². The summed E-state index contributed by atoms with van der Waals surface area (Å²) in [7, 11) is 0. The van der Waals surface area contributed by atoms with Crippen molar-refractivity contribution in [2.45, 2.75) is 6.18 Å². The molecular formula is C100H54F3N9. The molecule has 6 heterocycles. The average Bonchev–Trinajstić information content (AvgIpc) is 1.40. The molecule has 0 aliphatic rings. The van der Waals surface area contributed by atoms with E-state index >= 15 is 13.2 Å². The number of alkyl halides is 3. The van der Waals surface area contributed by atoms with Crippen LogP contribution in [-0.2, 0) is 6.18 Å². The molecule has 0 aliphatic heterocycles. The number of nitrogens with zero attached hydrogens (tertiary/aromatic N) is 9.